The number of aryl methyl sites for hydroxylation is 1. The average molecular weight is 586 g/mol. The molecule has 11 heteroatoms. The van der Waals surface area contributed by atoms with E-state index in [-0.39, 0.29) is 11.5 Å². The quantitative estimate of drug-likeness (QED) is 0.158. The van der Waals surface area contributed by atoms with Crippen LogP contribution >= 0.6 is 23.4 Å². The summed E-state index contributed by atoms with van der Waals surface area (Å²) in [7, 11) is -3.76. The van der Waals surface area contributed by atoms with Gasteiger partial charge in [-0.2, -0.15) is 0 Å². The number of rotatable bonds is 12. The van der Waals surface area contributed by atoms with Crippen LogP contribution < -0.4 is 15.3 Å². The minimum atomic E-state index is -3.76. The molecule has 0 saturated carbocycles. The predicted octanol–water partition coefficient (Wildman–Crippen LogP) is 5.86. The molecule has 1 heterocycles. The second-order valence-corrected chi connectivity index (χ2v) is 12.6. The van der Waals surface area contributed by atoms with Gasteiger partial charge in [0.05, 0.1) is 4.90 Å². The van der Waals surface area contributed by atoms with Gasteiger partial charge in [0.2, 0.25) is 15.2 Å². The van der Waals surface area contributed by atoms with Crippen LogP contribution in [0, 0.1) is 6.92 Å². The molecule has 1 unspecified atom stereocenters. The number of nitrogen functional groups attached to an aromatic ring is 1. The second kappa shape index (κ2) is 12.9. The lowest BCUT2D eigenvalue weighted by Gasteiger charge is -2.19. The molecule has 0 fully saturated rings. The number of hydrogen-bond acceptors (Lipinski definition) is 7. The van der Waals surface area contributed by atoms with Crippen molar-refractivity contribution >= 4 is 33.4 Å². The van der Waals surface area contributed by atoms with Gasteiger partial charge in [0, 0.05) is 16.8 Å². The Labute approximate surface area is 239 Å². The maximum atomic E-state index is 13.1. The van der Waals surface area contributed by atoms with Gasteiger partial charge in [0.1, 0.15) is 12.4 Å². The zero-order valence-corrected chi connectivity index (χ0v) is 24.4. The molecule has 0 radical (unpaired) electrons. The van der Waals surface area contributed by atoms with Crippen molar-refractivity contribution in [1.82, 2.24) is 19.6 Å². The molecule has 39 heavy (non-hydrogen) atoms. The van der Waals surface area contributed by atoms with Crippen LogP contribution in [0.4, 0.5) is 0 Å². The van der Waals surface area contributed by atoms with E-state index in [0.29, 0.717) is 34.1 Å². The van der Waals surface area contributed by atoms with Gasteiger partial charge in [-0.05, 0) is 66.3 Å². The molecule has 0 bridgehead atoms. The number of thioether (sulfide) groups is 1. The van der Waals surface area contributed by atoms with Crippen LogP contribution in [-0.4, -0.2) is 29.0 Å². The highest BCUT2D eigenvalue weighted by atomic mass is 35.5. The number of nitrogens with one attached hydrogen (secondary N) is 1. The van der Waals surface area contributed by atoms with Crippen molar-refractivity contribution in [3.05, 3.63) is 100 Å². The fourth-order valence-corrected chi connectivity index (χ4v) is 6.27. The molecule has 3 N–H and O–H groups in total. The Balaban J connectivity index is 1.42. The summed E-state index contributed by atoms with van der Waals surface area (Å²) in [5, 5.41) is 9.43. The molecule has 0 aliphatic heterocycles. The summed E-state index contributed by atoms with van der Waals surface area (Å²) in [4.78, 5) is 0.154. The maximum absolute atomic E-state index is 13.1. The zero-order valence-electron chi connectivity index (χ0n) is 22.0. The van der Waals surface area contributed by atoms with Crippen molar-refractivity contribution in [3.63, 3.8) is 0 Å². The van der Waals surface area contributed by atoms with Crippen molar-refractivity contribution in [1.29, 1.82) is 0 Å². The maximum Gasteiger partial charge on any atom is 0.241 e. The minimum Gasteiger partial charge on any atom is -0.485 e. The number of nitrogens with zero attached hydrogens (tertiary/aromatic N) is 3. The van der Waals surface area contributed by atoms with Gasteiger partial charge in [-0.3, -0.25) is 0 Å². The number of hydrogen-bond donors (Lipinski definition) is 2. The molecule has 1 aromatic heterocycles. The first kappa shape index (κ1) is 28.9. The van der Waals surface area contributed by atoms with Crippen molar-refractivity contribution in [2.75, 3.05) is 11.6 Å². The van der Waals surface area contributed by atoms with Crippen molar-refractivity contribution < 1.29 is 13.2 Å². The van der Waals surface area contributed by atoms with E-state index in [9.17, 15) is 8.42 Å². The van der Waals surface area contributed by atoms with Crippen LogP contribution in [0.25, 0.3) is 0 Å². The number of sulfonamides is 1. The van der Waals surface area contributed by atoms with Gasteiger partial charge in [0.15, 0.2) is 5.82 Å². The first-order valence-electron chi connectivity index (χ1n) is 12.5. The molecule has 4 rings (SSSR count). The van der Waals surface area contributed by atoms with Crippen LogP contribution in [0.5, 0.6) is 5.75 Å². The first-order valence-corrected chi connectivity index (χ1v) is 15.4. The van der Waals surface area contributed by atoms with Gasteiger partial charge in [-0.1, -0.05) is 79.7 Å². The summed E-state index contributed by atoms with van der Waals surface area (Å²) in [6.07, 6.45) is 0.501. The van der Waals surface area contributed by atoms with E-state index in [1.165, 1.54) is 28.6 Å². The molecular formula is C28H32ClN5O3S2. The monoisotopic (exact) mass is 585 g/mol. The molecule has 0 aliphatic rings. The molecule has 1 atom stereocenters. The summed E-state index contributed by atoms with van der Waals surface area (Å²) in [5.41, 5.74) is 3.09. The van der Waals surface area contributed by atoms with Crippen LogP contribution in [0.15, 0.2) is 82.8 Å². The van der Waals surface area contributed by atoms with E-state index in [4.69, 9.17) is 22.2 Å². The fourth-order valence-electron chi connectivity index (χ4n) is 4.01. The minimum absolute atomic E-state index is 0.154. The third-order valence-electron chi connectivity index (χ3n) is 6.14. The van der Waals surface area contributed by atoms with Crippen LogP contribution in [0.2, 0.25) is 5.02 Å². The predicted molar refractivity (Wildman–Crippen MR) is 156 cm³/mol. The summed E-state index contributed by atoms with van der Waals surface area (Å²) in [6.45, 7) is 6.45. The number of ether oxygens (including phenoxy) is 1. The topological polar surface area (TPSA) is 112 Å². The first-order chi connectivity index (χ1) is 18.6. The van der Waals surface area contributed by atoms with E-state index in [1.54, 1.807) is 12.1 Å². The summed E-state index contributed by atoms with van der Waals surface area (Å²) < 4.78 is 36.5. The Morgan fingerprint density at radius 1 is 1.05 bits per heavy atom. The third kappa shape index (κ3) is 7.54. The summed E-state index contributed by atoms with van der Waals surface area (Å²) >= 11 is 7.34. The molecule has 8 nitrogen and oxygen atoms in total. The van der Waals surface area contributed by atoms with Crippen LogP contribution in [-0.2, 0) is 16.6 Å². The normalized spacial score (nSPS) is 12.5. The van der Waals surface area contributed by atoms with Gasteiger partial charge >= 0.3 is 0 Å². The molecular weight excluding hydrogens is 554 g/mol. The molecule has 0 spiro atoms. The van der Waals surface area contributed by atoms with Gasteiger partial charge < -0.3 is 10.6 Å². The lowest BCUT2D eigenvalue weighted by Crippen LogP contribution is -2.29. The fraction of sp³-hybridized carbons (Fsp3) is 0.286. The Morgan fingerprint density at radius 2 is 1.77 bits per heavy atom. The molecule has 0 aliphatic carbocycles. The molecule has 3 aromatic carbocycles. The van der Waals surface area contributed by atoms with Gasteiger partial charge in [-0.25, -0.2) is 17.8 Å². The number of halogens is 1. The SMILES string of the molecule is Cc1ccc(C(C)C)c(OCc2nnc(SCCC(NS(=O)(=O)c3ccc(Cl)cc3)c3ccccc3)n2N)c1. The second-order valence-electron chi connectivity index (χ2n) is 9.43. The highest BCUT2D eigenvalue weighted by molar-refractivity contribution is 7.99. The smallest absolute Gasteiger partial charge is 0.241 e. The third-order valence-corrected chi connectivity index (χ3v) is 8.86. The van der Waals surface area contributed by atoms with E-state index in [2.05, 4.69) is 40.9 Å². The Hall–Kier alpha value is -3.05. The molecule has 206 valence electrons. The largest absolute Gasteiger partial charge is 0.485 e. The highest BCUT2D eigenvalue weighted by Gasteiger charge is 2.22. The van der Waals surface area contributed by atoms with Crippen molar-refractivity contribution in [3.8, 4) is 5.75 Å². The Bertz CT molecular complexity index is 1490. The summed E-state index contributed by atoms with van der Waals surface area (Å²) in [5.74, 6) is 8.45. The Kier molecular flexibility index (Phi) is 9.55. The van der Waals surface area contributed by atoms with Crippen molar-refractivity contribution in [2.45, 2.75) is 55.8 Å². The standard InChI is InChI=1S/C28H32ClN5O3S2/c1-19(2)24-14-9-20(3)17-26(24)37-18-27-31-32-28(34(27)30)38-16-15-25(21-7-5-4-6-8-21)33-39(35,36)23-12-10-22(29)11-13-23/h4-14,17,19,25,33H,15-16,18,30H2,1-3H3. The van der Waals surface area contributed by atoms with E-state index in [0.717, 1.165) is 22.4 Å². The van der Waals surface area contributed by atoms with E-state index < -0.39 is 16.1 Å². The molecule has 0 amide bonds. The highest BCUT2D eigenvalue weighted by Crippen LogP contribution is 2.29. The average Bonchev–Trinajstić information content (AvgIpc) is 3.26. The number of nitrogens with two attached hydrogens (primary N) is 1. The molecule has 0 saturated heterocycles. The lowest BCUT2D eigenvalue weighted by atomic mass is 10.0. The number of aromatic nitrogens is 3. The van der Waals surface area contributed by atoms with E-state index >= 15 is 0 Å². The van der Waals surface area contributed by atoms with Gasteiger partial charge in [-0.15, -0.1) is 10.2 Å². The zero-order chi connectivity index (χ0) is 28.0. The van der Waals surface area contributed by atoms with E-state index in [1.807, 2.05) is 43.3 Å². The lowest BCUT2D eigenvalue weighted by molar-refractivity contribution is 0.287. The van der Waals surface area contributed by atoms with Crippen molar-refractivity contribution in [2.24, 2.45) is 0 Å². The van der Waals surface area contributed by atoms with Gasteiger partial charge in [0.25, 0.3) is 0 Å². The molecule has 4 aromatic rings. The summed E-state index contributed by atoms with van der Waals surface area (Å²) in [6, 6.07) is 21.3. The Morgan fingerprint density at radius 3 is 2.46 bits per heavy atom. The van der Waals surface area contributed by atoms with Crippen LogP contribution in [0.1, 0.15) is 54.7 Å². The van der Waals surface area contributed by atoms with Crippen LogP contribution in [0.3, 0.4) is 0 Å². The number of benzene rings is 3.